The molecule has 0 radical (unpaired) electrons. The van der Waals surface area contributed by atoms with E-state index >= 15 is 0 Å². The molecule has 0 spiro atoms. The smallest absolute Gasteiger partial charge is 0.117 e. The van der Waals surface area contributed by atoms with Crippen LogP contribution >= 0.6 is 0 Å². The third kappa shape index (κ3) is 3.40. The van der Waals surface area contributed by atoms with Crippen LogP contribution in [0.4, 0.5) is 0 Å². The fraction of sp³-hybridized carbons (Fsp3) is 0.750. The molecule has 3 rings (SSSR count). The van der Waals surface area contributed by atoms with Gasteiger partial charge in [-0.15, -0.1) is 0 Å². The van der Waals surface area contributed by atoms with Crippen molar-refractivity contribution in [3.8, 4) is 0 Å². The molecule has 1 saturated carbocycles. The summed E-state index contributed by atoms with van der Waals surface area (Å²) in [5.74, 6) is 1.87. The second-order valence-corrected chi connectivity index (χ2v) is 6.07. The van der Waals surface area contributed by atoms with Gasteiger partial charge in [0.15, 0.2) is 0 Å². The molecule has 1 aliphatic carbocycles. The van der Waals surface area contributed by atoms with Gasteiger partial charge in [-0.1, -0.05) is 19.3 Å². The molecule has 2 fully saturated rings. The number of rotatable bonds is 4. The van der Waals surface area contributed by atoms with Crippen LogP contribution in [0.25, 0.3) is 0 Å². The van der Waals surface area contributed by atoms with E-state index in [2.05, 4.69) is 16.7 Å². The molecular formula is C16H26N2O. The molecule has 19 heavy (non-hydrogen) atoms. The second kappa shape index (κ2) is 6.58. The van der Waals surface area contributed by atoms with E-state index in [1.807, 2.05) is 6.07 Å². The normalized spacial score (nSPS) is 32.3. The molecule has 2 aliphatic rings. The molecule has 0 aromatic carbocycles. The van der Waals surface area contributed by atoms with Crippen molar-refractivity contribution < 1.29 is 4.42 Å². The molecule has 3 nitrogen and oxygen atoms in total. The molecule has 1 aromatic heterocycles. The van der Waals surface area contributed by atoms with Crippen molar-refractivity contribution in [3.05, 3.63) is 24.2 Å². The Morgan fingerprint density at radius 3 is 2.84 bits per heavy atom. The van der Waals surface area contributed by atoms with Crippen LogP contribution in [0.3, 0.4) is 0 Å². The summed E-state index contributed by atoms with van der Waals surface area (Å²) in [4.78, 5) is 0. The van der Waals surface area contributed by atoms with Crippen molar-refractivity contribution in [1.29, 1.82) is 0 Å². The molecule has 3 unspecified atom stereocenters. The van der Waals surface area contributed by atoms with Gasteiger partial charge in [0, 0.05) is 12.1 Å². The van der Waals surface area contributed by atoms with Crippen LogP contribution in [-0.2, 0) is 6.54 Å². The Kier molecular flexibility index (Phi) is 4.57. The predicted octanol–water partition coefficient (Wildman–Crippen LogP) is 3.07. The van der Waals surface area contributed by atoms with Crippen LogP contribution in [0.1, 0.15) is 50.7 Å². The molecule has 106 valence electrons. The highest BCUT2D eigenvalue weighted by Crippen LogP contribution is 2.30. The lowest BCUT2D eigenvalue weighted by atomic mass is 9.77. The van der Waals surface area contributed by atoms with Gasteiger partial charge in [0.2, 0.25) is 0 Å². The quantitative estimate of drug-likeness (QED) is 0.875. The monoisotopic (exact) mass is 262 g/mol. The predicted molar refractivity (Wildman–Crippen MR) is 76.9 cm³/mol. The molecule has 2 heterocycles. The van der Waals surface area contributed by atoms with E-state index in [9.17, 15) is 0 Å². The highest BCUT2D eigenvalue weighted by molar-refractivity contribution is 4.99. The standard InChI is InChI=1S/C16H26N2O/c1-2-8-16(18-12-13-6-5-11-19-13)14(7-1)15-9-3-4-10-17-15/h5-6,11,14-18H,1-4,7-10,12H2. The topological polar surface area (TPSA) is 37.2 Å². The van der Waals surface area contributed by atoms with E-state index in [-0.39, 0.29) is 0 Å². The third-order valence-corrected chi connectivity index (χ3v) is 4.80. The van der Waals surface area contributed by atoms with E-state index in [0.717, 1.165) is 24.3 Å². The van der Waals surface area contributed by atoms with Crippen molar-refractivity contribution in [1.82, 2.24) is 10.6 Å². The number of nitrogens with one attached hydrogen (secondary N) is 2. The van der Waals surface area contributed by atoms with E-state index in [0.29, 0.717) is 6.04 Å². The maximum Gasteiger partial charge on any atom is 0.117 e. The Morgan fingerprint density at radius 2 is 2.05 bits per heavy atom. The Morgan fingerprint density at radius 1 is 1.16 bits per heavy atom. The highest BCUT2D eigenvalue weighted by atomic mass is 16.3. The first-order valence-electron chi connectivity index (χ1n) is 7.92. The first-order valence-corrected chi connectivity index (χ1v) is 7.92. The molecule has 1 saturated heterocycles. The first kappa shape index (κ1) is 13.2. The summed E-state index contributed by atoms with van der Waals surface area (Å²) in [5, 5.41) is 7.49. The van der Waals surface area contributed by atoms with Gasteiger partial charge in [0.1, 0.15) is 5.76 Å². The zero-order valence-corrected chi connectivity index (χ0v) is 11.7. The summed E-state index contributed by atoms with van der Waals surface area (Å²) in [7, 11) is 0. The average Bonchev–Trinajstić information content (AvgIpc) is 3.00. The number of furan rings is 1. The van der Waals surface area contributed by atoms with E-state index < -0.39 is 0 Å². The Labute approximate surface area is 116 Å². The summed E-state index contributed by atoms with van der Waals surface area (Å²) in [5.41, 5.74) is 0. The Balaban J connectivity index is 1.56. The fourth-order valence-corrected chi connectivity index (χ4v) is 3.78. The largest absolute Gasteiger partial charge is 0.468 e. The van der Waals surface area contributed by atoms with Gasteiger partial charge in [0.25, 0.3) is 0 Å². The van der Waals surface area contributed by atoms with Crippen molar-refractivity contribution >= 4 is 0 Å². The first-order chi connectivity index (χ1) is 9.43. The average molecular weight is 262 g/mol. The number of piperidine rings is 1. The summed E-state index contributed by atoms with van der Waals surface area (Å²) in [6, 6.07) is 5.43. The highest BCUT2D eigenvalue weighted by Gasteiger charge is 2.32. The van der Waals surface area contributed by atoms with E-state index in [4.69, 9.17) is 4.42 Å². The summed E-state index contributed by atoms with van der Waals surface area (Å²) in [6.07, 6.45) is 11.4. The van der Waals surface area contributed by atoms with Gasteiger partial charge in [-0.2, -0.15) is 0 Å². The minimum Gasteiger partial charge on any atom is -0.468 e. The maximum atomic E-state index is 5.43. The molecular weight excluding hydrogens is 236 g/mol. The van der Waals surface area contributed by atoms with Crippen molar-refractivity contribution in [2.45, 2.75) is 63.6 Å². The number of hydrogen-bond donors (Lipinski definition) is 2. The zero-order valence-electron chi connectivity index (χ0n) is 11.7. The summed E-state index contributed by atoms with van der Waals surface area (Å²) in [6.45, 7) is 2.09. The Hall–Kier alpha value is -0.800. The van der Waals surface area contributed by atoms with Crippen LogP contribution in [0, 0.1) is 5.92 Å². The third-order valence-electron chi connectivity index (χ3n) is 4.80. The second-order valence-electron chi connectivity index (χ2n) is 6.07. The molecule has 3 atom stereocenters. The maximum absolute atomic E-state index is 5.43. The molecule has 3 heteroatoms. The van der Waals surface area contributed by atoms with Crippen molar-refractivity contribution in [3.63, 3.8) is 0 Å². The molecule has 1 aromatic rings. The van der Waals surface area contributed by atoms with Gasteiger partial charge in [-0.25, -0.2) is 0 Å². The van der Waals surface area contributed by atoms with Crippen LogP contribution in [0.2, 0.25) is 0 Å². The molecule has 1 aliphatic heterocycles. The minimum absolute atomic E-state index is 0.662. The van der Waals surface area contributed by atoms with Gasteiger partial charge in [-0.3, -0.25) is 0 Å². The Bertz CT molecular complexity index is 357. The molecule has 0 amide bonds. The van der Waals surface area contributed by atoms with Gasteiger partial charge < -0.3 is 15.1 Å². The van der Waals surface area contributed by atoms with Crippen LogP contribution < -0.4 is 10.6 Å². The molecule has 2 N–H and O–H groups in total. The van der Waals surface area contributed by atoms with E-state index in [1.54, 1.807) is 6.26 Å². The zero-order chi connectivity index (χ0) is 12.9. The van der Waals surface area contributed by atoms with Gasteiger partial charge >= 0.3 is 0 Å². The van der Waals surface area contributed by atoms with Gasteiger partial charge in [-0.05, 0) is 50.3 Å². The summed E-state index contributed by atoms with van der Waals surface area (Å²) < 4.78 is 5.43. The SMILES string of the molecule is c1coc(CNC2CCCCC2C2CCCCN2)c1. The molecule has 0 bridgehead atoms. The van der Waals surface area contributed by atoms with Gasteiger partial charge in [0.05, 0.1) is 12.8 Å². The minimum atomic E-state index is 0.662. The van der Waals surface area contributed by atoms with E-state index in [1.165, 1.54) is 51.5 Å². The number of hydrogen-bond acceptors (Lipinski definition) is 3. The van der Waals surface area contributed by atoms with Crippen molar-refractivity contribution in [2.24, 2.45) is 5.92 Å². The van der Waals surface area contributed by atoms with Crippen LogP contribution in [0.15, 0.2) is 22.8 Å². The van der Waals surface area contributed by atoms with Crippen LogP contribution in [-0.4, -0.2) is 18.6 Å². The fourth-order valence-electron chi connectivity index (χ4n) is 3.78. The van der Waals surface area contributed by atoms with Crippen molar-refractivity contribution in [2.75, 3.05) is 6.54 Å². The lowest BCUT2D eigenvalue weighted by Gasteiger charge is -2.39. The lowest BCUT2D eigenvalue weighted by molar-refractivity contribution is 0.179. The summed E-state index contributed by atoms with van der Waals surface area (Å²) >= 11 is 0. The lowest BCUT2D eigenvalue weighted by Crippen LogP contribution is -2.50. The van der Waals surface area contributed by atoms with Crippen LogP contribution in [0.5, 0.6) is 0 Å².